The molecule has 1 fully saturated rings. The van der Waals surface area contributed by atoms with Crippen LogP contribution in [-0.2, 0) is 4.79 Å². The van der Waals surface area contributed by atoms with Crippen molar-refractivity contribution >= 4 is 34.2 Å². The number of carbonyl (C=O) groups is 1. The Balaban J connectivity index is 0.00000264. The van der Waals surface area contributed by atoms with E-state index in [2.05, 4.69) is 58.9 Å². The first-order chi connectivity index (χ1) is 10.5. The summed E-state index contributed by atoms with van der Waals surface area (Å²) in [6, 6.07) is 8.51. The van der Waals surface area contributed by atoms with Gasteiger partial charge in [0.25, 0.3) is 0 Å². The van der Waals surface area contributed by atoms with Crippen LogP contribution in [0.4, 0.5) is 0 Å². The van der Waals surface area contributed by atoms with E-state index < -0.39 is 0 Å². The molecular weight excluding hydrogens is 378 g/mol. The van der Waals surface area contributed by atoms with E-state index in [1.807, 2.05) is 4.90 Å². The van der Waals surface area contributed by atoms with E-state index in [9.17, 15) is 4.79 Å². The maximum Gasteiger partial charge on any atom is 0.239 e. The molecule has 4 nitrogen and oxygen atoms in total. The number of hydrogen-bond donors (Lipinski definition) is 1. The maximum atomic E-state index is 12.2. The monoisotopic (exact) mass is 403 g/mol. The predicted octanol–water partition coefficient (Wildman–Crippen LogP) is 3.20. The quantitative estimate of drug-likeness (QED) is 0.820. The molecule has 23 heavy (non-hydrogen) atoms. The molecule has 1 saturated heterocycles. The molecule has 2 atom stereocenters. The summed E-state index contributed by atoms with van der Waals surface area (Å²) < 4.78 is 1.10. The van der Waals surface area contributed by atoms with E-state index in [-0.39, 0.29) is 24.4 Å². The lowest BCUT2D eigenvalue weighted by Gasteiger charge is -2.39. The van der Waals surface area contributed by atoms with Crippen LogP contribution in [0.3, 0.4) is 0 Å². The van der Waals surface area contributed by atoms with Crippen molar-refractivity contribution < 1.29 is 4.79 Å². The lowest BCUT2D eigenvalue weighted by molar-refractivity contribution is -0.134. The van der Waals surface area contributed by atoms with Gasteiger partial charge in [-0.15, -0.1) is 12.4 Å². The van der Waals surface area contributed by atoms with Crippen LogP contribution >= 0.6 is 28.3 Å². The number of rotatable bonds is 5. The van der Waals surface area contributed by atoms with Gasteiger partial charge in [-0.1, -0.05) is 41.4 Å². The molecule has 2 rings (SSSR count). The predicted molar refractivity (Wildman–Crippen MR) is 101 cm³/mol. The summed E-state index contributed by atoms with van der Waals surface area (Å²) in [5.74, 6) is 0.109. The number of halogens is 2. The molecule has 1 aliphatic heterocycles. The third-order valence-electron chi connectivity index (χ3n) is 4.44. The van der Waals surface area contributed by atoms with Crippen molar-refractivity contribution in [3.8, 4) is 0 Å². The lowest BCUT2D eigenvalue weighted by Crippen LogP contribution is -2.53. The SMILES string of the molecule is CCCC(N)C(=O)N1CCN(C(C)c2ccc(Br)cc2)CC1.Cl. The molecule has 6 heteroatoms. The summed E-state index contributed by atoms with van der Waals surface area (Å²) >= 11 is 3.47. The van der Waals surface area contributed by atoms with E-state index in [4.69, 9.17) is 5.73 Å². The van der Waals surface area contributed by atoms with Crippen LogP contribution < -0.4 is 5.73 Å². The smallest absolute Gasteiger partial charge is 0.239 e. The van der Waals surface area contributed by atoms with Crippen molar-refractivity contribution in [2.45, 2.75) is 38.8 Å². The normalized spacial score (nSPS) is 18.2. The van der Waals surface area contributed by atoms with Gasteiger partial charge in [0, 0.05) is 36.7 Å². The van der Waals surface area contributed by atoms with Crippen molar-refractivity contribution in [1.82, 2.24) is 9.80 Å². The highest BCUT2D eigenvalue weighted by atomic mass is 79.9. The van der Waals surface area contributed by atoms with Gasteiger partial charge in [0.1, 0.15) is 0 Å². The molecular formula is C17H27BrClN3O. The minimum atomic E-state index is -0.333. The summed E-state index contributed by atoms with van der Waals surface area (Å²) in [5.41, 5.74) is 7.26. The first-order valence-electron chi connectivity index (χ1n) is 8.06. The van der Waals surface area contributed by atoms with E-state index in [0.29, 0.717) is 6.04 Å². The van der Waals surface area contributed by atoms with Gasteiger partial charge >= 0.3 is 0 Å². The minimum Gasteiger partial charge on any atom is -0.339 e. The van der Waals surface area contributed by atoms with Gasteiger partial charge in [0.05, 0.1) is 6.04 Å². The molecule has 2 N–H and O–H groups in total. The molecule has 1 amide bonds. The minimum absolute atomic E-state index is 0. The lowest BCUT2D eigenvalue weighted by atomic mass is 10.1. The largest absolute Gasteiger partial charge is 0.339 e. The number of hydrogen-bond acceptors (Lipinski definition) is 3. The fraction of sp³-hybridized carbons (Fsp3) is 0.588. The number of carbonyl (C=O) groups excluding carboxylic acids is 1. The molecule has 0 bridgehead atoms. The third-order valence-corrected chi connectivity index (χ3v) is 4.97. The molecule has 130 valence electrons. The molecule has 0 radical (unpaired) electrons. The molecule has 0 aromatic heterocycles. The zero-order valence-corrected chi connectivity index (χ0v) is 16.3. The summed E-state index contributed by atoms with van der Waals surface area (Å²) in [6.07, 6.45) is 1.72. The van der Waals surface area contributed by atoms with Gasteiger partial charge in [-0.05, 0) is 31.0 Å². The average Bonchev–Trinajstić information content (AvgIpc) is 2.54. The van der Waals surface area contributed by atoms with Crippen LogP contribution in [0.15, 0.2) is 28.7 Å². The van der Waals surface area contributed by atoms with Gasteiger partial charge in [0.15, 0.2) is 0 Å². The van der Waals surface area contributed by atoms with Gasteiger partial charge in [-0.25, -0.2) is 0 Å². The van der Waals surface area contributed by atoms with Gasteiger partial charge < -0.3 is 10.6 Å². The van der Waals surface area contributed by atoms with Crippen molar-refractivity contribution in [1.29, 1.82) is 0 Å². The third kappa shape index (κ3) is 5.45. The van der Waals surface area contributed by atoms with Crippen LogP contribution in [0.2, 0.25) is 0 Å². The molecule has 1 heterocycles. The number of nitrogens with two attached hydrogens (primary N) is 1. The molecule has 1 aliphatic rings. The van der Waals surface area contributed by atoms with Gasteiger partial charge in [0.2, 0.25) is 5.91 Å². The van der Waals surface area contributed by atoms with Crippen molar-refractivity contribution in [3.63, 3.8) is 0 Å². The Morgan fingerprint density at radius 3 is 2.30 bits per heavy atom. The standard InChI is InChI=1S/C17H26BrN3O.ClH/c1-3-4-16(19)17(22)21-11-9-20(10-12-21)13(2)14-5-7-15(18)8-6-14;/h5-8,13,16H,3-4,9-12,19H2,1-2H3;1H. The average molecular weight is 405 g/mol. The Labute approximate surface area is 153 Å². The zero-order chi connectivity index (χ0) is 16.1. The van der Waals surface area contributed by atoms with Crippen molar-refractivity contribution in [2.75, 3.05) is 26.2 Å². The van der Waals surface area contributed by atoms with E-state index in [1.165, 1.54) is 5.56 Å². The molecule has 1 aromatic carbocycles. The topological polar surface area (TPSA) is 49.6 Å². The van der Waals surface area contributed by atoms with Gasteiger partial charge in [-0.3, -0.25) is 9.69 Å². The highest BCUT2D eigenvalue weighted by Crippen LogP contribution is 2.23. The maximum absolute atomic E-state index is 12.2. The Hall–Kier alpha value is -0.620. The van der Waals surface area contributed by atoms with Crippen molar-refractivity contribution in [3.05, 3.63) is 34.3 Å². The number of nitrogens with zero attached hydrogens (tertiary/aromatic N) is 2. The Bertz CT molecular complexity index is 489. The van der Waals surface area contributed by atoms with E-state index in [0.717, 1.165) is 43.5 Å². The number of benzene rings is 1. The summed E-state index contributed by atoms with van der Waals surface area (Å²) in [6.45, 7) is 7.65. The van der Waals surface area contributed by atoms with Crippen LogP contribution in [0.5, 0.6) is 0 Å². The summed E-state index contributed by atoms with van der Waals surface area (Å²) in [4.78, 5) is 16.6. The Morgan fingerprint density at radius 2 is 1.78 bits per heavy atom. The highest BCUT2D eigenvalue weighted by molar-refractivity contribution is 9.10. The van der Waals surface area contributed by atoms with Crippen LogP contribution in [0, 0.1) is 0 Å². The fourth-order valence-electron chi connectivity index (χ4n) is 2.95. The van der Waals surface area contributed by atoms with E-state index >= 15 is 0 Å². The Kier molecular flexibility index (Phi) is 8.54. The van der Waals surface area contributed by atoms with Crippen LogP contribution in [0.25, 0.3) is 0 Å². The second kappa shape index (κ2) is 9.62. The summed E-state index contributed by atoms with van der Waals surface area (Å²) in [5, 5.41) is 0. The van der Waals surface area contributed by atoms with Crippen molar-refractivity contribution in [2.24, 2.45) is 5.73 Å². The molecule has 0 saturated carbocycles. The van der Waals surface area contributed by atoms with Crippen LogP contribution in [-0.4, -0.2) is 47.9 Å². The second-order valence-electron chi connectivity index (χ2n) is 5.98. The number of piperazine rings is 1. The summed E-state index contributed by atoms with van der Waals surface area (Å²) in [7, 11) is 0. The molecule has 1 aromatic rings. The zero-order valence-electron chi connectivity index (χ0n) is 13.9. The molecule has 2 unspecified atom stereocenters. The molecule has 0 aliphatic carbocycles. The number of amides is 1. The first kappa shape index (κ1) is 20.4. The van der Waals surface area contributed by atoms with Gasteiger partial charge in [-0.2, -0.15) is 0 Å². The molecule has 0 spiro atoms. The second-order valence-corrected chi connectivity index (χ2v) is 6.90. The van der Waals surface area contributed by atoms with E-state index in [1.54, 1.807) is 0 Å². The van der Waals surface area contributed by atoms with Crippen LogP contribution in [0.1, 0.15) is 38.3 Å². The highest BCUT2D eigenvalue weighted by Gasteiger charge is 2.27. The first-order valence-corrected chi connectivity index (χ1v) is 8.86. The fourth-order valence-corrected chi connectivity index (χ4v) is 3.22. The Morgan fingerprint density at radius 1 is 1.22 bits per heavy atom.